The van der Waals surface area contributed by atoms with Crippen LogP contribution >= 0.6 is 15.9 Å². The van der Waals surface area contributed by atoms with Crippen molar-refractivity contribution in [1.29, 1.82) is 0 Å². The van der Waals surface area contributed by atoms with E-state index in [-0.39, 0.29) is 0 Å². The van der Waals surface area contributed by atoms with Gasteiger partial charge in [-0.1, -0.05) is 0 Å². The molecule has 0 atom stereocenters. The van der Waals surface area contributed by atoms with Crippen LogP contribution < -0.4 is 5.73 Å². The highest BCUT2D eigenvalue weighted by Gasteiger charge is 2.30. The fraction of sp³-hybridized carbons (Fsp3) is 0.667. The number of nitrogens with two attached hydrogens (primary N) is 1. The second-order valence-corrected chi connectivity index (χ2v) is 4.34. The average Bonchev–Trinajstić information content (AvgIpc) is 2.89. The lowest BCUT2D eigenvalue weighted by Crippen LogP contribution is -2.04. The van der Waals surface area contributed by atoms with E-state index in [2.05, 4.69) is 21.0 Å². The van der Waals surface area contributed by atoms with Crippen LogP contribution in [0.4, 0.5) is 0 Å². The van der Waals surface area contributed by atoms with E-state index >= 15 is 0 Å². The zero-order chi connectivity index (χ0) is 9.42. The molecule has 1 aliphatic carbocycles. The number of halogens is 1. The summed E-state index contributed by atoms with van der Waals surface area (Å²) in [6, 6.07) is 0. The highest BCUT2D eigenvalue weighted by Crippen LogP contribution is 2.42. The molecule has 1 aromatic rings. The number of hydrogen-bond donors (Lipinski definition) is 1. The van der Waals surface area contributed by atoms with E-state index in [0.717, 1.165) is 11.0 Å². The molecule has 0 unspecified atom stereocenters. The summed E-state index contributed by atoms with van der Waals surface area (Å²) in [5, 5.41) is 4.51. The largest absolute Gasteiger partial charge is 0.330 e. The molecule has 0 aromatic carbocycles. The van der Waals surface area contributed by atoms with Gasteiger partial charge >= 0.3 is 0 Å². The van der Waals surface area contributed by atoms with E-state index < -0.39 is 0 Å². The zero-order valence-electron chi connectivity index (χ0n) is 7.76. The first-order valence-electron chi connectivity index (χ1n) is 4.65. The summed E-state index contributed by atoms with van der Waals surface area (Å²) >= 11 is 3.54. The molecule has 1 aliphatic rings. The van der Waals surface area contributed by atoms with Crippen LogP contribution in [-0.4, -0.2) is 16.3 Å². The van der Waals surface area contributed by atoms with Gasteiger partial charge in [-0.15, -0.1) is 0 Å². The molecule has 0 spiro atoms. The Hall–Kier alpha value is -0.350. The summed E-state index contributed by atoms with van der Waals surface area (Å²) < 4.78 is 3.00. The van der Waals surface area contributed by atoms with Gasteiger partial charge in [-0.3, -0.25) is 4.68 Å². The van der Waals surface area contributed by atoms with Crippen molar-refractivity contribution in [3.63, 3.8) is 0 Å². The predicted octanol–water partition coefficient (Wildman–Crippen LogP) is 1.56. The van der Waals surface area contributed by atoms with Gasteiger partial charge in [0.15, 0.2) is 0 Å². The van der Waals surface area contributed by atoms with Gasteiger partial charge in [0.2, 0.25) is 0 Å². The minimum Gasteiger partial charge on any atom is -0.330 e. The lowest BCUT2D eigenvalue weighted by atomic mass is 10.1. The average molecular weight is 244 g/mol. The molecule has 1 saturated carbocycles. The molecule has 0 aliphatic heterocycles. The monoisotopic (exact) mass is 243 g/mol. The number of nitrogens with zero attached hydrogens (tertiary/aromatic N) is 2. The Balaban J connectivity index is 2.35. The van der Waals surface area contributed by atoms with E-state index in [1.165, 1.54) is 24.1 Å². The normalized spacial score (nSPS) is 16.5. The van der Waals surface area contributed by atoms with E-state index in [1.54, 1.807) is 0 Å². The Morgan fingerprint density at radius 2 is 2.31 bits per heavy atom. The molecule has 1 heterocycles. The van der Waals surface area contributed by atoms with Crippen molar-refractivity contribution in [2.24, 2.45) is 12.8 Å². The van der Waals surface area contributed by atoms with Gasteiger partial charge in [-0.25, -0.2) is 0 Å². The molecule has 1 aromatic heterocycles. The van der Waals surface area contributed by atoms with Gasteiger partial charge in [0.05, 0.1) is 5.69 Å². The number of rotatable bonds is 3. The number of aryl methyl sites for hydroxylation is 1. The van der Waals surface area contributed by atoms with Gasteiger partial charge in [0, 0.05) is 18.5 Å². The molecule has 4 heteroatoms. The fourth-order valence-electron chi connectivity index (χ4n) is 1.63. The Morgan fingerprint density at radius 1 is 1.62 bits per heavy atom. The molecule has 0 radical (unpaired) electrons. The molecule has 0 bridgehead atoms. The summed E-state index contributed by atoms with van der Waals surface area (Å²) in [6.07, 6.45) is 3.52. The van der Waals surface area contributed by atoms with Crippen LogP contribution in [0.15, 0.2) is 4.60 Å². The van der Waals surface area contributed by atoms with Crippen molar-refractivity contribution in [2.45, 2.75) is 25.2 Å². The zero-order valence-corrected chi connectivity index (χ0v) is 9.34. The van der Waals surface area contributed by atoms with Crippen LogP contribution in [-0.2, 0) is 13.5 Å². The lowest BCUT2D eigenvalue weighted by Gasteiger charge is -1.98. The highest BCUT2D eigenvalue weighted by molar-refractivity contribution is 9.10. The molecular formula is C9H14BrN3. The van der Waals surface area contributed by atoms with Crippen molar-refractivity contribution >= 4 is 15.9 Å². The second-order valence-electron chi connectivity index (χ2n) is 3.59. The fourth-order valence-corrected chi connectivity index (χ4v) is 2.11. The van der Waals surface area contributed by atoms with Crippen LogP contribution in [0.1, 0.15) is 30.0 Å². The summed E-state index contributed by atoms with van der Waals surface area (Å²) in [5.41, 5.74) is 8.15. The molecule has 2 N–H and O–H groups in total. The smallest absolute Gasteiger partial charge is 0.107 e. The number of hydrogen-bond acceptors (Lipinski definition) is 2. The first kappa shape index (κ1) is 9.21. The lowest BCUT2D eigenvalue weighted by molar-refractivity contribution is 0.729. The molecule has 13 heavy (non-hydrogen) atoms. The molecule has 0 saturated heterocycles. The van der Waals surface area contributed by atoms with E-state index in [4.69, 9.17) is 5.73 Å². The van der Waals surface area contributed by atoms with Crippen LogP contribution in [0.3, 0.4) is 0 Å². The molecule has 72 valence electrons. The minimum atomic E-state index is 0.698. The first-order chi connectivity index (χ1) is 6.24. The van der Waals surface area contributed by atoms with Crippen LogP contribution in [0.2, 0.25) is 0 Å². The van der Waals surface area contributed by atoms with Gasteiger partial charge < -0.3 is 5.73 Å². The Labute approximate surface area is 86.4 Å². The summed E-state index contributed by atoms with van der Waals surface area (Å²) in [7, 11) is 1.97. The topological polar surface area (TPSA) is 43.8 Å². The third-order valence-electron chi connectivity index (χ3n) is 2.46. The van der Waals surface area contributed by atoms with Gasteiger partial charge in [0.1, 0.15) is 4.60 Å². The maximum atomic E-state index is 5.57. The van der Waals surface area contributed by atoms with Crippen LogP contribution in [0.25, 0.3) is 0 Å². The molecule has 2 rings (SSSR count). The Kier molecular flexibility index (Phi) is 2.43. The van der Waals surface area contributed by atoms with E-state index in [9.17, 15) is 0 Å². The quantitative estimate of drug-likeness (QED) is 0.876. The van der Waals surface area contributed by atoms with Crippen molar-refractivity contribution in [2.75, 3.05) is 6.54 Å². The third kappa shape index (κ3) is 1.65. The van der Waals surface area contributed by atoms with Gasteiger partial charge in [0.25, 0.3) is 0 Å². The minimum absolute atomic E-state index is 0.698. The van der Waals surface area contributed by atoms with Crippen molar-refractivity contribution in [3.8, 4) is 0 Å². The molecule has 0 amide bonds. The Morgan fingerprint density at radius 3 is 2.85 bits per heavy atom. The second kappa shape index (κ2) is 3.42. The van der Waals surface area contributed by atoms with Crippen molar-refractivity contribution in [1.82, 2.24) is 9.78 Å². The number of aromatic nitrogens is 2. The third-order valence-corrected chi connectivity index (χ3v) is 3.45. The highest BCUT2D eigenvalue weighted by atomic mass is 79.9. The predicted molar refractivity (Wildman–Crippen MR) is 55.6 cm³/mol. The van der Waals surface area contributed by atoms with Crippen LogP contribution in [0.5, 0.6) is 0 Å². The molecule has 1 fully saturated rings. The van der Waals surface area contributed by atoms with Crippen molar-refractivity contribution in [3.05, 3.63) is 15.9 Å². The SMILES string of the molecule is Cn1nc(C2CC2)c(CCN)c1Br. The standard InChI is InChI=1S/C9H14BrN3/c1-13-9(10)7(4-5-11)8(12-13)6-2-3-6/h6H,2-5,11H2,1H3. The van der Waals surface area contributed by atoms with E-state index in [1.807, 2.05) is 11.7 Å². The van der Waals surface area contributed by atoms with Crippen molar-refractivity contribution < 1.29 is 0 Å². The first-order valence-corrected chi connectivity index (χ1v) is 5.44. The summed E-state index contributed by atoms with van der Waals surface area (Å²) in [4.78, 5) is 0. The summed E-state index contributed by atoms with van der Waals surface area (Å²) in [5.74, 6) is 0.707. The van der Waals surface area contributed by atoms with Gasteiger partial charge in [-0.05, 0) is 41.7 Å². The molecular weight excluding hydrogens is 230 g/mol. The van der Waals surface area contributed by atoms with Crippen LogP contribution in [0, 0.1) is 0 Å². The Bertz CT molecular complexity index is 315. The maximum Gasteiger partial charge on any atom is 0.107 e. The van der Waals surface area contributed by atoms with Gasteiger partial charge in [-0.2, -0.15) is 5.10 Å². The maximum absolute atomic E-state index is 5.57. The molecule has 3 nitrogen and oxygen atoms in total. The summed E-state index contributed by atoms with van der Waals surface area (Å²) in [6.45, 7) is 0.698. The van der Waals surface area contributed by atoms with E-state index in [0.29, 0.717) is 12.5 Å².